The number of aromatic amines is 1. The minimum Gasteiger partial charge on any atom is -0.507 e. The summed E-state index contributed by atoms with van der Waals surface area (Å²) in [5, 5.41) is 13.3. The van der Waals surface area contributed by atoms with E-state index in [9.17, 15) is 14.7 Å². The molecule has 7 rings (SSSR count). The Morgan fingerprint density at radius 1 is 0.812 bits per heavy atom. The Morgan fingerprint density at radius 2 is 1.50 bits per heavy atom. The highest BCUT2D eigenvalue weighted by Crippen LogP contribution is 2.41. The molecule has 0 saturated heterocycles. The van der Waals surface area contributed by atoms with Crippen LogP contribution in [0.3, 0.4) is 0 Å². The lowest BCUT2D eigenvalue weighted by atomic mass is 9.85. The first kappa shape index (κ1) is 30.6. The molecule has 7 nitrogen and oxygen atoms in total. The SMILES string of the molecule is COc1cccc(C(c2[nH]c3ccccc3c2CCOC(=O)c2ccc(-c3ccccc3)cc2)c2c(O)c3ccccc3n(C)c2=O)c1. The number of nitrogens with one attached hydrogen (secondary N) is 1. The first-order chi connectivity index (χ1) is 23.4. The van der Waals surface area contributed by atoms with Crippen LogP contribution >= 0.6 is 0 Å². The second kappa shape index (κ2) is 13.0. The number of aromatic nitrogens is 2. The summed E-state index contributed by atoms with van der Waals surface area (Å²) in [4.78, 5) is 30.9. The van der Waals surface area contributed by atoms with E-state index in [1.54, 1.807) is 30.9 Å². The first-order valence-electron chi connectivity index (χ1n) is 15.8. The molecule has 5 aromatic carbocycles. The quantitative estimate of drug-likeness (QED) is 0.157. The molecule has 0 radical (unpaired) electrons. The van der Waals surface area contributed by atoms with E-state index in [4.69, 9.17) is 9.47 Å². The molecule has 7 aromatic rings. The third-order valence-electron chi connectivity index (χ3n) is 8.97. The highest BCUT2D eigenvalue weighted by Gasteiger charge is 2.30. The van der Waals surface area contributed by atoms with Gasteiger partial charge in [0.25, 0.3) is 5.56 Å². The van der Waals surface area contributed by atoms with Gasteiger partial charge in [0.2, 0.25) is 0 Å². The molecular weight excluding hydrogens is 600 g/mol. The lowest BCUT2D eigenvalue weighted by molar-refractivity contribution is 0.0509. The maximum atomic E-state index is 14.1. The van der Waals surface area contributed by atoms with E-state index in [1.165, 1.54) is 0 Å². The molecule has 2 N–H and O–H groups in total. The van der Waals surface area contributed by atoms with Crippen molar-refractivity contribution in [3.05, 3.63) is 166 Å². The molecule has 0 saturated carbocycles. The Hall–Kier alpha value is -6.08. The molecule has 0 aliphatic carbocycles. The van der Waals surface area contributed by atoms with Gasteiger partial charge in [0.05, 0.1) is 36.3 Å². The number of carbonyl (C=O) groups is 1. The Labute approximate surface area is 277 Å². The van der Waals surface area contributed by atoms with Crippen molar-refractivity contribution in [2.45, 2.75) is 12.3 Å². The summed E-state index contributed by atoms with van der Waals surface area (Å²) in [5.74, 6) is -0.551. The maximum absolute atomic E-state index is 14.1. The summed E-state index contributed by atoms with van der Waals surface area (Å²) >= 11 is 0. The van der Waals surface area contributed by atoms with Crippen molar-refractivity contribution in [1.82, 2.24) is 9.55 Å². The molecule has 2 heterocycles. The monoisotopic (exact) mass is 634 g/mol. The molecular formula is C41H34N2O5. The second-order valence-corrected chi connectivity index (χ2v) is 11.7. The molecule has 1 unspecified atom stereocenters. The van der Waals surface area contributed by atoms with Crippen molar-refractivity contribution in [1.29, 1.82) is 0 Å². The van der Waals surface area contributed by atoms with Crippen LogP contribution in [0.1, 0.15) is 38.7 Å². The molecule has 0 aliphatic rings. The number of para-hydroxylation sites is 2. The zero-order chi connectivity index (χ0) is 33.2. The highest BCUT2D eigenvalue weighted by molar-refractivity contribution is 5.91. The van der Waals surface area contributed by atoms with Gasteiger partial charge in [-0.05, 0) is 64.7 Å². The van der Waals surface area contributed by atoms with Crippen LogP contribution in [-0.2, 0) is 18.2 Å². The van der Waals surface area contributed by atoms with E-state index in [-0.39, 0.29) is 23.5 Å². The van der Waals surface area contributed by atoms with Gasteiger partial charge in [-0.2, -0.15) is 0 Å². The van der Waals surface area contributed by atoms with Crippen LogP contribution < -0.4 is 10.3 Å². The lowest BCUT2D eigenvalue weighted by Gasteiger charge is -2.22. The van der Waals surface area contributed by atoms with Gasteiger partial charge in [-0.3, -0.25) is 4.79 Å². The predicted octanol–water partition coefficient (Wildman–Crippen LogP) is 7.98. The van der Waals surface area contributed by atoms with Gasteiger partial charge in [0, 0.05) is 35.5 Å². The number of aromatic hydroxyl groups is 1. The van der Waals surface area contributed by atoms with Crippen LogP contribution in [0.2, 0.25) is 0 Å². The second-order valence-electron chi connectivity index (χ2n) is 11.7. The zero-order valence-electron chi connectivity index (χ0n) is 26.6. The minimum atomic E-state index is -0.688. The topological polar surface area (TPSA) is 93.5 Å². The van der Waals surface area contributed by atoms with E-state index in [0.29, 0.717) is 28.6 Å². The number of rotatable bonds is 9. The van der Waals surface area contributed by atoms with E-state index in [2.05, 4.69) is 4.98 Å². The van der Waals surface area contributed by atoms with Crippen molar-refractivity contribution in [2.24, 2.45) is 7.05 Å². The van der Waals surface area contributed by atoms with Gasteiger partial charge < -0.3 is 24.1 Å². The van der Waals surface area contributed by atoms with E-state index < -0.39 is 11.9 Å². The molecule has 2 aromatic heterocycles. The van der Waals surface area contributed by atoms with Crippen LogP contribution in [0.5, 0.6) is 11.5 Å². The first-order valence-corrected chi connectivity index (χ1v) is 15.8. The number of benzene rings is 5. The number of aryl methyl sites for hydroxylation is 1. The van der Waals surface area contributed by atoms with Gasteiger partial charge in [-0.25, -0.2) is 4.79 Å². The smallest absolute Gasteiger partial charge is 0.338 e. The Bertz CT molecular complexity index is 2320. The van der Waals surface area contributed by atoms with Crippen LogP contribution in [0, 0.1) is 0 Å². The Kier molecular flexibility index (Phi) is 8.26. The number of hydrogen-bond acceptors (Lipinski definition) is 5. The van der Waals surface area contributed by atoms with Gasteiger partial charge in [-0.1, -0.05) is 84.9 Å². The van der Waals surface area contributed by atoms with E-state index in [0.717, 1.165) is 38.9 Å². The fourth-order valence-electron chi connectivity index (χ4n) is 6.56. The molecule has 0 spiro atoms. The molecule has 0 amide bonds. The van der Waals surface area contributed by atoms with Gasteiger partial charge in [0.1, 0.15) is 11.5 Å². The fourth-order valence-corrected chi connectivity index (χ4v) is 6.56. The third-order valence-corrected chi connectivity index (χ3v) is 8.97. The predicted molar refractivity (Wildman–Crippen MR) is 189 cm³/mol. The minimum absolute atomic E-state index is 0.0727. The molecule has 7 heteroatoms. The number of H-pyrrole nitrogens is 1. The van der Waals surface area contributed by atoms with Crippen LogP contribution in [0.4, 0.5) is 0 Å². The van der Waals surface area contributed by atoms with Crippen molar-refractivity contribution < 1.29 is 19.4 Å². The number of hydrogen-bond donors (Lipinski definition) is 2. The fraction of sp³-hybridized carbons (Fsp3) is 0.122. The molecule has 48 heavy (non-hydrogen) atoms. The van der Waals surface area contributed by atoms with Crippen LogP contribution in [-0.4, -0.2) is 34.3 Å². The Morgan fingerprint density at radius 3 is 2.27 bits per heavy atom. The number of pyridine rings is 1. The van der Waals surface area contributed by atoms with Crippen LogP contribution in [0.25, 0.3) is 32.9 Å². The average Bonchev–Trinajstić information content (AvgIpc) is 3.50. The zero-order valence-corrected chi connectivity index (χ0v) is 26.6. The van der Waals surface area contributed by atoms with Gasteiger partial charge in [-0.15, -0.1) is 0 Å². The molecule has 238 valence electrons. The lowest BCUT2D eigenvalue weighted by Crippen LogP contribution is -2.25. The Balaban J connectivity index is 1.28. The van der Waals surface area contributed by atoms with E-state index in [1.807, 2.05) is 115 Å². The number of methoxy groups -OCH3 is 1. The normalized spacial score (nSPS) is 11.9. The van der Waals surface area contributed by atoms with E-state index >= 15 is 0 Å². The number of nitrogens with zero attached hydrogens (tertiary/aromatic N) is 1. The van der Waals surface area contributed by atoms with Crippen molar-refractivity contribution in [3.8, 4) is 22.6 Å². The van der Waals surface area contributed by atoms with Crippen LogP contribution in [0.15, 0.2) is 132 Å². The van der Waals surface area contributed by atoms with Gasteiger partial charge in [0.15, 0.2) is 0 Å². The summed E-state index contributed by atoms with van der Waals surface area (Å²) in [6.45, 7) is 0.112. The standard InChI is InChI=1S/C41H34N2O5/c1-43-35-18-9-7-16-33(35)39(44)37(40(43)45)36(29-13-10-14-30(25-29)47-2)38-32(31-15-6-8-17-34(31)42-38)23-24-48-41(46)28-21-19-27(20-22-28)26-11-4-3-5-12-26/h3-22,25,36,42,44H,23-24H2,1-2H3. The molecule has 0 fully saturated rings. The van der Waals surface area contributed by atoms with Crippen molar-refractivity contribution in [2.75, 3.05) is 13.7 Å². The molecule has 0 bridgehead atoms. The number of ether oxygens (including phenoxy) is 2. The van der Waals surface area contributed by atoms with Gasteiger partial charge >= 0.3 is 5.97 Å². The summed E-state index contributed by atoms with van der Waals surface area (Å²) in [5.41, 5.74) is 6.37. The number of carbonyl (C=O) groups excluding carboxylic acids is 1. The maximum Gasteiger partial charge on any atom is 0.338 e. The summed E-state index contributed by atoms with van der Waals surface area (Å²) in [7, 11) is 3.31. The summed E-state index contributed by atoms with van der Waals surface area (Å²) < 4.78 is 13.0. The number of esters is 1. The summed E-state index contributed by atoms with van der Waals surface area (Å²) in [6.07, 6.45) is 0.377. The van der Waals surface area contributed by atoms with Crippen molar-refractivity contribution in [3.63, 3.8) is 0 Å². The average molecular weight is 635 g/mol. The van der Waals surface area contributed by atoms with Crippen molar-refractivity contribution >= 4 is 27.8 Å². The summed E-state index contributed by atoms with van der Waals surface area (Å²) in [6, 6.07) is 40.1. The molecule has 0 aliphatic heterocycles. The number of fused-ring (bicyclic) bond motifs is 2. The highest BCUT2D eigenvalue weighted by atomic mass is 16.5. The third kappa shape index (κ3) is 5.60. The largest absolute Gasteiger partial charge is 0.507 e. The molecule has 1 atom stereocenters.